The molecule has 2 aromatic carbocycles. The Morgan fingerprint density at radius 1 is 1.25 bits per heavy atom. The molecular weight excluding hydrogens is 326 g/mol. The van der Waals surface area contributed by atoms with E-state index in [1.807, 2.05) is 48.7 Å². The van der Waals surface area contributed by atoms with Crippen LogP contribution in [0.2, 0.25) is 5.02 Å². The number of carbonyl (C=O) groups is 1. The summed E-state index contributed by atoms with van der Waals surface area (Å²) in [7, 11) is 1.63. The Morgan fingerprint density at radius 2 is 2.08 bits per heavy atom. The molecule has 0 fully saturated rings. The molecule has 0 saturated carbocycles. The number of carboxylic acid groups (broad SMARTS) is 1. The van der Waals surface area contributed by atoms with Crippen LogP contribution in [0.4, 0.5) is 0 Å². The SMILES string of the molecule is COc1ccc2c(c1)c(CCC(=O)O)cn2Cc1cccc(Cl)c1. The van der Waals surface area contributed by atoms with E-state index >= 15 is 0 Å². The van der Waals surface area contributed by atoms with Gasteiger partial charge in [0.15, 0.2) is 0 Å². The van der Waals surface area contributed by atoms with Gasteiger partial charge in [0.1, 0.15) is 5.75 Å². The minimum atomic E-state index is -0.798. The zero-order valence-corrected chi connectivity index (χ0v) is 14.1. The predicted octanol–water partition coefficient (Wildman–Crippen LogP) is 4.37. The van der Waals surface area contributed by atoms with Gasteiger partial charge in [0.05, 0.1) is 7.11 Å². The number of rotatable bonds is 6. The molecule has 1 N–H and O–H groups in total. The summed E-state index contributed by atoms with van der Waals surface area (Å²) in [4.78, 5) is 10.9. The average molecular weight is 344 g/mol. The summed E-state index contributed by atoms with van der Waals surface area (Å²) in [6.45, 7) is 0.677. The molecule has 5 heteroatoms. The maximum Gasteiger partial charge on any atom is 0.303 e. The number of aromatic nitrogens is 1. The molecule has 0 amide bonds. The molecular formula is C19H18ClNO3. The van der Waals surface area contributed by atoms with Gasteiger partial charge in [-0.1, -0.05) is 23.7 Å². The van der Waals surface area contributed by atoms with Gasteiger partial charge in [-0.25, -0.2) is 0 Å². The third-order valence-electron chi connectivity index (χ3n) is 4.02. The van der Waals surface area contributed by atoms with Gasteiger partial charge in [0.2, 0.25) is 0 Å². The minimum Gasteiger partial charge on any atom is -0.497 e. The number of aryl methyl sites for hydroxylation is 1. The summed E-state index contributed by atoms with van der Waals surface area (Å²) >= 11 is 6.07. The van der Waals surface area contributed by atoms with Gasteiger partial charge in [-0.05, 0) is 47.9 Å². The number of fused-ring (bicyclic) bond motifs is 1. The van der Waals surface area contributed by atoms with Crippen molar-refractivity contribution < 1.29 is 14.6 Å². The Balaban J connectivity index is 2.02. The molecule has 0 aliphatic heterocycles. The van der Waals surface area contributed by atoms with E-state index in [9.17, 15) is 4.79 Å². The van der Waals surface area contributed by atoms with Gasteiger partial charge < -0.3 is 14.4 Å². The number of methoxy groups -OCH3 is 1. The summed E-state index contributed by atoms with van der Waals surface area (Å²) in [5, 5.41) is 10.7. The quantitative estimate of drug-likeness (QED) is 0.723. The number of aliphatic carboxylic acids is 1. The first kappa shape index (κ1) is 16.4. The number of ether oxygens (including phenoxy) is 1. The lowest BCUT2D eigenvalue weighted by Gasteiger charge is -2.07. The highest BCUT2D eigenvalue weighted by molar-refractivity contribution is 6.30. The Bertz CT molecular complexity index is 885. The molecule has 0 saturated heterocycles. The van der Waals surface area contributed by atoms with Crippen LogP contribution < -0.4 is 4.74 Å². The van der Waals surface area contributed by atoms with Crippen LogP contribution in [0.25, 0.3) is 10.9 Å². The largest absolute Gasteiger partial charge is 0.497 e. The normalized spacial score (nSPS) is 10.9. The van der Waals surface area contributed by atoms with E-state index < -0.39 is 5.97 Å². The van der Waals surface area contributed by atoms with E-state index in [0.717, 1.165) is 27.8 Å². The molecule has 0 aliphatic rings. The Morgan fingerprint density at radius 3 is 2.79 bits per heavy atom. The van der Waals surface area contributed by atoms with E-state index in [1.54, 1.807) is 7.11 Å². The number of hydrogen-bond donors (Lipinski definition) is 1. The molecule has 0 aliphatic carbocycles. The van der Waals surface area contributed by atoms with Crippen molar-refractivity contribution in [3.05, 3.63) is 64.8 Å². The topological polar surface area (TPSA) is 51.5 Å². The predicted molar refractivity (Wildman–Crippen MR) is 95.0 cm³/mol. The van der Waals surface area contributed by atoms with E-state index in [1.165, 1.54) is 0 Å². The number of benzene rings is 2. The van der Waals surface area contributed by atoms with Crippen molar-refractivity contribution in [1.29, 1.82) is 0 Å². The first-order valence-electron chi connectivity index (χ1n) is 7.69. The molecule has 24 heavy (non-hydrogen) atoms. The zero-order valence-electron chi connectivity index (χ0n) is 13.3. The summed E-state index contributed by atoms with van der Waals surface area (Å²) in [5.74, 6) is -0.0341. The summed E-state index contributed by atoms with van der Waals surface area (Å²) < 4.78 is 7.43. The van der Waals surface area contributed by atoms with Gasteiger partial charge in [0, 0.05) is 35.1 Å². The van der Waals surface area contributed by atoms with Crippen molar-refractivity contribution >= 4 is 28.5 Å². The van der Waals surface area contributed by atoms with Crippen LogP contribution in [0.5, 0.6) is 5.75 Å². The monoisotopic (exact) mass is 343 g/mol. The van der Waals surface area contributed by atoms with Crippen molar-refractivity contribution in [2.75, 3.05) is 7.11 Å². The molecule has 1 heterocycles. The van der Waals surface area contributed by atoms with Gasteiger partial charge in [-0.15, -0.1) is 0 Å². The van der Waals surface area contributed by atoms with Gasteiger partial charge in [-0.2, -0.15) is 0 Å². The highest BCUT2D eigenvalue weighted by Gasteiger charge is 2.11. The maximum absolute atomic E-state index is 10.9. The second-order valence-corrected chi connectivity index (χ2v) is 6.13. The highest BCUT2D eigenvalue weighted by atomic mass is 35.5. The van der Waals surface area contributed by atoms with Crippen molar-refractivity contribution in [3.63, 3.8) is 0 Å². The molecule has 0 bridgehead atoms. The van der Waals surface area contributed by atoms with Crippen LogP contribution in [-0.4, -0.2) is 22.8 Å². The number of carboxylic acids is 1. The van der Waals surface area contributed by atoms with Crippen molar-refractivity contribution in [1.82, 2.24) is 4.57 Å². The molecule has 0 unspecified atom stereocenters. The van der Waals surface area contributed by atoms with E-state index in [4.69, 9.17) is 21.4 Å². The first-order chi connectivity index (χ1) is 11.6. The van der Waals surface area contributed by atoms with Crippen LogP contribution in [0.3, 0.4) is 0 Å². The maximum atomic E-state index is 10.9. The molecule has 1 aromatic heterocycles. The molecule has 124 valence electrons. The third-order valence-corrected chi connectivity index (χ3v) is 4.26. The second-order valence-electron chi connectivity index (χ2n) is 5.69. The summed E-state index contributed by atoms with van der Waals surface area (Å²) in [6, 6.07) is 13.6. The van der Waals surface area contributed by atoms with Crippen LogP contribution in [-0.2, 0) is 17.8 Å². The fourth-order valence-electron chi connectivity index (χ4n) is 2.88. The zero-order chi connectivity index (χ0) is 17.1. The van der Waals surface area contributed by atoms with Crippen LogP contribution in [0, 0.1) is 0 Å². The Hall–Kier alpha value is -2.46. The average Bonchev–Trinajstić information content (AvgIpc) is 2.90. The van der Waals surface area contributed by atoms with Crippen molar-refractivity contribution in [2.45, 2.75) is 19.4 Å². The van der Waals surface area contributed by atoms with Gasteiger partial charge in [0.25, 0.3) is 0 Å². The number of hydrogen-bond acceptors (Lipinski definition) is 2. The lowest BCUT2D eigenvalue weighted by Crippen LogP contribution is -1.98. The first-order valence-corrected chi connectivity index (χ1v) is 8.06. The molecule has 0 radical (unpaired) electrons. The second kappa shape index (κ2) is 6.97. The van der Waals surface area contributed by atoms with E-state index in [2.05, 4.69) is 4.57 Å². The highest BCUT2D eigenvalue weighted by Crippen LogP contribution is 2.28. The fourth-order valence-corrected chi connectivity index (χ4v) is 3.09. The standard InChI is InChI=1S/C19H18ClNO3/c1-24-16-6-7-18-17(10-16)14(5-8-19(22)23)12-21(18)11-13-3-2-4-15(20)9-13/h2-4,6-7,9-10,12H,5,8,11H2,1H3,(H,22,23). The fraction of sp³-hybridized carbons (Fsp3) is 0.211. The van der Waals surface area contributed by atoms with E-state index in [0.29, 0.717) is 18.0 Å². The third kappa shape index (κ3) is 3.54. The summed E-state index contributed by atoms with van der Waals surface area (Å²) in [5.41, 5.74) is 3.16. The minimum absolute atomic E-state index is 0.105. The summed E-state index contributed by atoms with van der Waals surface area (Å²) in [6.07, 6.45) is 2.61. The number of halogens is 1. The van der Waals surface area contributed by atoms with E-state index in [-0.39, 0.29) is 6.42 Å². The Labute approximate surface area is 145 Å². The van der Waals surface area contributed by atoms with Crippen molar-refractivity contribution in [3.8, 4) is 5.75 Å². The Kier molecular flexibility index (Phi) is 4.76. The lowest BCUT2D eigenvalue weighted by atomic mass is 10.1. The van der Waals surface area contributed by atoms with Crippen LogP contribution in [0.15, 0.2) is 48.7 Å². The molecule has 4 nitrogen and oxygen atoms in total. The number of nitrogens with zero attached hydrogens (tertiary/aromatic N) is 1. The van der Waals surface area contributed by atoms with Crippen LogP contribution >= 0.6 is 11.6 Å². The molecule has 0 spiro atoms. The molecule has 0 atom stereocenters. The smallest absolute Gasteiger partial charge is 0.303 e. The van der Waals surface area contributed by atoms with Gasteiger partial charge >= 0.3 is 5.97 Å². The van der Waals surface area contributed by atoms with Crippen molar-refractivity contribution in [2.24, 2.45) is 0 Å². The molecule has 3 rings (SSSR count). The van der Waals surface area contributed by atoms with Gasteiger partial charge in [-0.3, -0.25) is 4.79 Å². The lowest BCUT2D eigenvalue weighted by molar-refractivity contribution is -0.136. The molecule has 3 aromatic rings. The van der Waals surface area contributed by atoms with Crippen LogP contribution in [0.1, 0.15) is 17.5 Å².